The molecule has 0 aliphatic heterocycles. The van der Waals surface area contributed by atoms with E-state index in [0.29, 0.717) is 11.4 Å². The van der Waals surface area contributed by atoms with E-state index in [-0.39, 0.29) is 33.8 Å². The lowest BCUT2D eigenvalue weighted by Crippen LogP contribution is -2.32. The number of nitrogens with one attached hydrogen (secondary N) is 2. The van der Waals surface area contributed by atoms with Crippen LogP contribution in [0.25, 0.3) is 11.8 Å². The number of carbonyl (C=O) groups excluding carboxylic acids is 1. The molecule has 29 heavy (non-hydrogen) atoms. The van der Waals surface area contributed by atoms with Crippen molar-refractivity contribution in [3.63, 3.8) is 0 Å². The average molecular weight is 415 g/mol. The van der Waals surface area contributed by atoms with Crippen LogP contribution in [-0.2, 0) is 16.1 Å². The molecule has 0 atom stereocenters. The van der Waals surface area contributed by atoms with Crippen LogP contribution in [0.15, 0.2) is 29.1 Å². The van der Waals surface area contributed by atoms with Gasteiger partial charge in [0.25, 0.3) is 5.56 Å². The Labute approximate surface area is 170 Å². The molecule has 0 aliphatic carbocycles. The fourth-order valence-corrected chi connectivity index (χ4v) is 3.58. The molecule has 0 saturated heterocycles. The predicted molar refractivity (Wildman–Crippen MR) is 112 cm³/mol. The van der Waals surface area contributed by atoms with Crippen molar-refractivity contribution in [2.24, 2.45) is 0 Å². The Balaban J connectivity index is 2.36. The third-order valence-corrected chi connectivity index (χ3v) is 4.87. The number of amides is 1. The molecule has 1 heterocycles. The highest BCUT2D eigenvalue weighted by molar-refractivity contribution is 7.07. The van der Waals surface area contributed by atoms with E-state index >= 15 is 0 Å². The van der Waals surface area contributed by atoms with Gasteiger partial charge in [-0.2, -0.15) is 5.26 Å². The van der Waals surface area contributed by atoms with Gasteiger partial charge in [0.2, 0.25) is 5.91 Å². The number of nitrogens with zero attached hydrogens (tertiary/aromatic N) is 3. The Kier molecular flexibility index (Phi) is 7.30. The van der Waals surface area contributed by atoms with E-state index in [2.05, 4.69) is 10.6 Å². The van der Waals surface area contributed by atoms with E-state index in [4.69, 9.17) is 5.26 Å². The summed E-state index contributed by atoms with van der Waals surface area (Å²) in [6.07, 6.45) is 1.46. The smallest absolute Gasteiger partial charge is 0.349 e. The standard InChI is InChI=1S/C19H21N5O4S/c1-4-24-17(26)15(29-18(24)14(9-20)19(27)28)10-21-12-6-5-7-13(8-12)22-16(25)11-23(2)3/h5-8,10,21H,4,11H2,1-3H3,(H,22,25)(H,27,28). The minimum Gasteiger partial charge on any atom is -0.477 e. The van der Waals surface area contributed by atoms with Crippen molar-refractivity contribution >= 4 is 46.4 Å². The third-order valence-electron chi connectivity index (χ3n) is 3.74. The van der Waals surface area contributed by atoms with Gasteiger partial charge in [-0.1, -0.05) is 6.07 Å². The SMILES string of the molecule is CCn1c(=C(C#N)C(=O)O)sc(=CNc2cccc(NC(=O)CN(C)C)c2)c1=O. The van der Waals surface area contributed by atoms with Gasteiger partial charge in [0.15, 0.2) is 5.57 Å². The monoisotopic (exact) mass is 415 g/mol. The summed E-state index contributed by atoms with van der Waals surface area (Å²) in [7, 11) is 3.59. The van der Waals surface area contributed by atoms with Gasteiger partial charge in [0.05, 0.1) is 6.54 Å². The van der Waals surface area contributed by atoms with Gasteiger partial charge >= 0.3 is 5.97 Å². The van der Waals surface area contributed by atoms with Gasteiger partial charge in [-0.25, -0.2) is 4.79 Å². The molecule has 1 amide bonds. The average Bonchev–Trinajstić information content (AvgIpc) is 2.95. The molecular weight excluding hydrogens is 394 g/mol. The summed E-state index contributed by atoms with van der Waals surface area (Å²) in [5, 5.41) is 24.0. The number of carboxylic acid groups (broad SMARTS) is 1. The van der Waals surface area contributed by atoms with Gasteiger partial charge < -0.3 is 20.6 Å². The summed E-state index contributed by atoms with van der Waals surface area (Å²) < 4.78 is 1.62. The molecule has 9 nitrogen and oxygen atoms in total. The Morgan fingerprint density at radius 2 is 2.03 bits per heavy atom. The maximum atomic E-state index is 12.5. The van der Waals surface area contributed by atoms with E-state index in [0.717, 1.165) is 11.3 Å². The molecule has 0 radical (unpaired) electrons. The summed E-state index contributed by atoms with van der Waals surface area (Å²) in [5.74, 6) is -1.53. The fourth-order valence-electron chi connectivity index (χ4n) is 2.50. The molecule has 0 saturated carbocycles. The van der Waals surface area contributed by atoms with Crippen LogP contribution in [0.2, 0.25) is 0 Å². The number of anilines is 2. The first-order chi connectivity index (χ1) is 13.8. The number of aromatic nitrogens is 1. The maximum absolute atomic E-state index is 12.5. The number of hydrogen-bond donors (Lipinski definition) is 3. The highest BCUT2D eigenvalue weighted by Crippen LogP contribution is 2.15. The van der Waals surface area contributed by atoms with Crippen LogP contribution in [0, 0.1) is 11.3 Å². The molecule has 0 spiro atoms. The van der Waals surface area contributed by atoms with Crippen LogP contribution in [0.4, 0.5) is 11.4 Å². The summed E-state index contributed by atoms with van der Waals surface area (Å²) in [6, 6.07) is 8.59. The number of rotatable bonds is 7. The molecule has 1 aromatic heterocycles. The third kappa shape index (κ3) is 5.54. The Hall–Kier alpha value is -3.42. The van der Waals surface area contributed by atoms with Crippen LogP contribution in [-0.4, -0.2) is 47.1 Å². The number of carbonyl (C=O) groups is 2. The lowest BCUT2D eigenvalue weighted by molar-refractivity contribution is -0.130. The molecule has 1 aromatic carbocycles. The molecule has 3 N–H and O–H groups in total. The molecule has 0 unspecified atom stereocenters. The van der Waals surface area contributed by atoms with Crippen molar-refractivity contribution in [2.75, 3.05) is 31.3 Å². The van der Waals surface area contributed by atoms with Crippen LogP contribution < -0.4 is 25.4 Å². The van der Waals surface area contributed by atoms with Gasteiger partial charge in [0, 0.05) is 24.1 Å². The van der Waals surface area contributed by atoms with E-state index in [1.807, 2.05) is 0 Å². The quantitative estimate of drug-likeness (QED) is 0.582. The first-order valence-corrected chi connectivity index (χ1v) is 9.47. The zero-order chi connectivity index (χ0) is 21.6. The summed E-state index contributed by atoms with van der Waals surface area (Å²) in [5.41, 5.74) is 0.371. The Morgan fingerprint density at radius 3 is 2.62 bits per heavy atom. The van der Waals surface area contributed by atoms with E-state index in [1.54, 1.807) is 56.3 Å². The van der Waals surface area contributed by atoms with Gasteiger partial charge in [-0.15, -0.1) is 11.3 Å². The Bertz CT molecular complexity index is 1140. The number of likely N-dealkylation sites (N-methyl/N-ethyl adjacent to an activating group) is 1. The molecule has 152 valence electrons. The minimum atomic E-state index is -1.38. The number of benzene rings is 1. The van der Waals surface area contributed by atoms with Crippen LogP contribution in [0.5, 0.6) is 0 Å². The number of aliphatic carboxylic acids is 1. The van der Waals surface area contributed by atoms with Gasteiger partial charge in [0.1, 0.15) is 15.3 Å². The number of carboxylic acids is 1. The summed E-state index contributed by atoms with van der Waals surface area (Å²) >= 11 is 0.929. The second-order valence-electron chi connectivity index (χ2n) is 6.27. The second kappa shape index (κ2) is 9.68. The highest BCUT2D eigenvalue weighted by atomic mass is 32.1. The molecule has 0 aliphatic rings. The van der Waals surface area contributed by atoms with Crippen molar-refractivity contribution < 1.29 is 14.7 Å². The van der Waals surface area contributed by atoms with Crippen molar-refractivity contribution in [3.05, 3.63) is 43.8 Å². The van der Waals surface area contributed by atoms with Crippen LogP contribution in [0.1, 0.15) is 6.92 Å². The topological polar surface area (TPSA) is 127 Å². The molecule has 2 rings (SSSR count). The van der Waals surface area contributed by atoms with Crippen molar-refractivity contribution in [3.8, 4) is 6.07 Å². The lowest BCUT2D eigenvalue weighted by Gasteiger charge is -2.10. The number of thiazole rings is 1. The zero-order valence-corrected chi connectivity index (χ0v) is 17.0. The molecular formula is C19H21N5O4S. The first kappa shape index (κ1) is 21.9. The molecule has 0 bridgehead atoms. The van der Waals surface area contributed by atoms with Crippen LogP contribution >= 0.6 is 11.3 Å². The molecule has 10 heteroatoms. The number of hydrogen-bond acceptors (Lipinski definition) is 7. The fraction of sp³-hybridized carbons (Fsp3) is 0.263. The van der Waals surface area contributed by atoms with Crippen molar-refractivity contribution in [2.45, 2.75) is 13.5 Å². The van der Waals surface area contributed by atoms with Crippen molar-refractivity contribution in [1.82, 2.24) is 9.47 Å². The summed E-state index contributed by atoms with van der Waals surface area (Å²) in [6.45, 7) is 2.19. The zero-order valence-electron chi connectivity index (χ0n) is 16.2. The maximum Gasteiger partial charge on any atom is 0.349 e. The minimum absolute atomic E-state index is 0.102. The van der Waals surface area contributed by atoms with Gasteiger partial charge in [-0.3, -0.25) is 14.2 Å². The highest BCUT2D eigenvalue weighted by Gasteiger charge is 2.13. The van der Waals surface area contributed by atoms with Crippen molar-refractivity contribution in [1.29, 1.82) is 5.26 Å². The molecule has 0 fully saturated rings. The molecule has 2 aromatic rings. The second-order valence-corrected chi connectivity index (χ2v) is 7.30. The van der Waals surface area contributed by atoms with Gasteiger partial charge in [-0.05, 0) is 39.2 Å². The first-order valence-electron chi connectivity index (χ1n) is 8.65. The summed E-state index contributed by atoms with van der Waals surface area (Å²) in [4.78, 5) is 37.4. The largest absolute Gasteiger partial charge is 0.477 e. The number of nitriles is 1. The van der Waals surface area contributed by atoms with E-state index in [1.165, 1.54) is 10.8 Å². The lowest BCUT2D eigenvalue weighted by atomic mass is 10.2. The normalized spacial score (nSPS) is 12.4. The Morgan fingerprint density at radius 1 is 1.34 bits per heavy atom. The predicted octanol–water partition coefficient (Wildman–Crippen LogP) is 0.0388. The van der Waals surface area contributed by atoms with Crippen LogP contribution in [0.3, 0.4) is 0 Å². The van der Waals surface area contributed by atoms with E-state index < -0.39 is 11.5 Å². The van der Waals surface area contributed by atoms with E-state index in [9.17, 15) is 19.5 Å².